The Morgan fingerprint density at radius 1 is 1.20 bits per heavy atom. The fraction of sp³-hybridized carbons (Fsp3) is 0.278. The first kappa shape index (κ1) is 16.8. The highest BCUT2D eigenvalue weighted by atomic mass is 16.5. The fourth-order valence-electron chi connectivity index (χ4n) is 3.13. The summed E-state index contributed by atoms with van der Waals surface area (Å²) in [6.45, 7) is 7.64. The molecular weight excluding hydrogens is 318 g/mol. The summed E-state index contributed by atoms with van der Waals surface area (Å²) in [6.07, 6.45) is 1.66. The van der Waals surface area contributed by atoms with E-state index in [1.165, 1.54) is 0 Å². The number of carbonyl (C=O) groups is 1. The van der Waals surface area contributed by atoms with Gasteiger partial charge in [-0.1, -0.05) is 0 Å². The predicted molar refractivity (Wildman–Crippen MR) is 97.3 cm³/mol. The molecule has 3 aromatic rings. The second-order valence-electron chi connectivity index (χ2n) is 6.11. The van der Waals surface area contributed by atoms with Crippen LogP contribution in [0.5, 0.6) is 5.75 Å². The third kappa shape index (κ3) is 2.39. The van der Waals surface area contributed by atoms with Crippen molar-refractivity contribution in [1.82, 2.24) is 14.5 Å². The van der Waals surface area contributed by atoms with Crippen molar-refractivity contribution >= 4 is 22.8 Å². The minimum Gasteiger partial charge on any atom is -0.495 e. The minimum absolute atomic E-state index is 0.251. The van der Waals surface area contributed by atoms with Gasteiger partial charge >= 0.3 is 0 Å². The van der Waals surface area contributed by atoms with Crippen LogP contribution in [0.25, 0.3) is 16.7 Å². The number of amides is 1. The number of aromatic nitrogens is 3. The van der Waals surface area contributed by atoms with E-state index in [1.54, 1.807) is 17.9 Å². The molecule has 7 heteroatoms. The molecule has 0 unspecified atom stereocenters. The van der Waals surface area contributed by atoms with Gasteiger partial charge in [0.2, 0.25) is 0 Å². The predicted octanol–water partition coefficient (Wildman–Crippen LogP) is 2.34. The lowest BCUT2D eigenvalue weighted by molar-refractivity contribution is 0.100. The van der Waals surface area contributed by atoms with Crippen molar-refractivity contribution in [3.63, 3.8) is 0 Å². The quantitative estimate of drug-likeness (QED) is 0.761. The number of hydrogen-bond donors (Lipinski definition) is 2. The van der Waals surface area contributed by atoms with Gasteiger partial charge in [0.15, 0.2) is 0 Å². The van der Waals surface area contributed by atoms with Crippen LogP contribution in [0.1, 0.15) is 32.9 Å². The van der Waals surface area contributed by atoms with Gasteiger partial charge in [-0.25, -0.2) is 4.98 Å². The molecule has 0 aliphatic rings. The van der Waals surface area contributed by atoms with Gasteiger partial charge in [0.1, 0.15) is 17.2 Å². The van der Waals surface area contributed by atoms with Gasteiger partial charge < -0.3 is 16.2 Å². The van der Waals surface area contributed by atoms with Crippen molar-refractivity contribution in [2.75, 3.05) is 12.8 Å². The Kier molecular flexibility index (Phi) is 3.87. The van der Waals surface area contributed by atoms with Crippen LogP contribution in [0.3, 0.4) is 0 Å². The summed E-state index contributed by atoms with van der Waals surface area (Å²) in [4.78, 5) is 21.1. The SMILES string of the molecule is COc1cnc(C)c(-n2c(N)c(C(N)=O)c3cc(C)c(C)nc32)c1C. The van der Waals surface area contributed by atoms with Crippen molar-refractivity contribution in [2.45, 2.75) is 27.7 Å². The Bertz CT molecular complexity index is 1020. The second-order valence-corrected chi connectivity index (χ2v) is 6.11. The van der Waals surface area contributed by atoms with Gasteiger partial charge in [0.05, 0.1) is 30.3 Å². The molecule has 0 spiro atoms. The molecule has 3 heterocycles. The molecule has 0 fully saturated rings. The molecule has 7 nitrogen and oxygen atoms in total. The molecule has 0 aliphatic carbocycles. The lowest BCUT2D eigenvalue weighted by atomic mass is 10.1. The molecule has 0 bridgehead atoms. The van der Waals surface area contributed by atoms with E-state index < -0.39 is 5.91 Å². The summed E-state index contributed by atoms with van der Waals surface area (Å²) in [5.74, 6) is 0.296. The summed E-state index contributed by atoms with van der Waals surface area (Å²) >= 11 is 0. The van der Waals surface area contributed by atoms with Crippen LogP contribution >= 0.6 is 0 Å². The van der Waals surface area contributed by atoms with Crippen molar-refractivity contribution in [2.24, 2.45) is 5.73 Å². The number of ether oxygens (including phenoxy) is 1. The van der Waals surface area contributed by atoms with Gasteiger partial charge in [0, 0.05) is 16.6 Å². The van der Waals surface area contributed by atoms with Crippen LogP contribution in [-0.4, -0.2) is 27.6 Å². The maximum Gasteiger partial charge on any atom is 0.253 e. The zero-order chi connectivity index (χ0) is 18.5. The van der Waals surface area contributed by atoms with E-state index in [4.69, 9.17) is 16.2 Å². The van der Waals surface area contributed by atoms with Crippen LogP contribution in [0.4, 0.5) is 5.82 Å². The lowest BCUT2D eigenvalue weighted by Crippen LogP contribution is -2.14. The molecule has 0 saturated heterocycles. The van der Waals surface area contributed by atoms with E-state index in [0.717, 1.165) is 28.2 Å². The number of anilines is 1. The van der Waals surface area contributed by atoms with E-state index in [0.29, 0.717) is 16.8 Å². The zero-order valence-corrected chi connectivity index (χ0v) is 15.0. The fourth-order valence-corrected chi connectivity index (χ4v) is 3.13. The highest BCUT2D eigenvalue weighted by molar-refractivity contribution is 6.11. The van der Waals surface area contributed by atoms with E-state index in [2.05, 4.69) is 9.97 Å². The Balaban J connectivity index is 2.52. The Labute approximate surface area is 145 Å². The number of aryl methyl sites for hydroxylation is 3. The number of methoxy groups -OCH3 is 1. The summed E-state index contributed by atoms with van der Waals surface area (Å²) in [5.41, 5.74) is 16.9. The first-order valence-corrected chi connectivity index (χ1v) is 7.86. The van der Waals surface area contributed by atoms with Crippen LogP contribution in [-0.2, 0) is 0 Å². The molecule has 25 heavy (non-hydrogen) atoms. The van der Waals surface area contributed by atoms with Crippen molar-refractivity contribution < 1.29 is 9.53 Å². The number of pyridine rings is 2. The van der Waals surface area contributed by atoms with Gasteiger partial charge in [-0.2, -0.15) is 0 Å². The first-order chi connectivity index (χ1) is 11.8. The largest absolute Gasteiger partial charge is 0.495 e. The molecule has 3 rings (SSSR count). The third-order valence-corrected chi connectivity index (χ3v) is 4.56. The Morgan fingerprint density at radius 3 is 2.48 bits per heavy atom. The molecule has 130 valence electrons. The van der Waals surface area contributed by atoms with Gasteiger partial charge in [-0.3, -0.25) is 14.3 Å². The number of primary amides is 1. The van der Waals surface area contributed by atoms with E-state index >= 15 is 0 Å². The molecule has 0 atom stereocenters. The number of rotatable bonds is 3. The minimum atomic E-state index is -0.586. The summed E-state index contributed by atoms with van der Waals surface area (Å²) < 4.78 is 7.12. The molecule has 4 N–H and O–H groups in total. The van der Waals surface area contributed by atoms with Gasteiger partial charge in [0.25, 0.3) is 5.91 Å². The smallest absolute Gasteiger partial charge is 0.253 e. The topological polar surface area (TPSA) is 109 Å². The monoisotopic (exact) mass is 339 g/mol. The van der Waals surface area contributed by atoms with Crippen LogP contribution in [0.15, 0.2) is 12.3 Å². The number of nitrogen functional groups attached to an aromatic ring is 1. The Morgan fingerprint density at radius 2 is 1.88 bits per heavy atom. The van der Waals surface area contributed by atoms with Crippen LogP contribution < -0.4 is 16.2 Å². The number of carbonyl (C=O) groups excluding carboxylic acids is 1. The van der Waals surface area contributed by atoms with E-state index in [1.807, 2.05) is 33.8 Å². The summed E-state index contributed by atoms with van der Waals surface area (Å²) in [7, 11) is 1.58. The highest BCUT2D eigenvalue weighted by Crippen LogP contribution is 2.35. The molecular formula is C18H21N5O2. The van der Waals surface area contributed by atoms with Crippen molar-refractivity contribution in [3.05, 3.63) is 40.3 Å². The molecule has 0 aromatic carbocycles. The van der Waals surface area contributed by atoms with E-state index in [9.17, 15) is 4.79 Å². The van der Waals surface area contributed by atoms with Crippen molar-refractivity contribution in [3.8, 4) is 11.4 Å². The molecule has 0 radical (unpaired) electrons. The van der Waals surface area contributed by atoms with E-state index in [-0.39, 0.29) is 11.4 Å². The number of hydrogen-bond acceptors (Lipinski definition) is 5. The average molecular weight is 339 g/mol. The molecule has 0 aliphatic heterocycles. The summed E-state index contributed by atoms with van der Waals surface area (Å²) in [6, 6.07) is 1.89. The van der Waals surface area contributed by atoms with Crippen LogP contribution in [0, 0.1) is 27.7 Å². The van der Waals surface area contributed by atoms with Gasteiger partial charge in [-0.15, -0.1) is 0 Å². The third-order valence-electron chi connectivity index (χ3n) is 4.56. The maximum absolute atomic E-state index is 12.0. The average Bonchev–Trinajstić information content (AvgIpc) is 2.80. The standard InChI is InChI=1S/C18H21N5O2/c1-8-6-12-14(17(20)24)16(19)23(18(12)22-10(8)3)15-9(2)13(25-5)7-21-11(15)4/h6-7H,19H2,1-5H3,(H2,20,24). The van der Waals surface area contributed by atoms with Crippen molar-refractivity contribution in [1.29, 1.82) is 0 Å². The zero-order valence-electron chi connectivity index (χ0n) is 15.0. The second kappa shape index (κ2) is 5.77. The normalized spacial score (nSPS) is 11.1. The molecule has 0 saturated carbocycles. The molecule has 3 aromatic heterocycles. The Hall–Kier alpha value is -3.09. The first-order valence-electron chi connectivity index (χ1n) is 7.86. The molecule has 1 amide bonds. The maximum atomic E-state index is 12.0. The number of nitrogens with zero attached hydrogens (tertiary/aromatic N) is 3. The highest BCUT2D eigenvalue weighted by Gasteiger charge is 2.24. The lowest BCUT2D eigenvalue weighted by Gasteiger charge is -2.16. The van der Waals surface area contributed by atoms with Crippen LogP contribution in [0.2, 0.25) is 0 Å². The summed E-state index contributed by atoms with van der Waals surface area (Å²) in [5, 5.41) is 0.634. The van der Waals surface area contributed by atoms with Gasteiger partial charge in [-0.05, 0) is 39.3 Å². The number of fused-ring (bicyclic) bond motifs is 1. The number of nitrogens with two attached hydrogens (primary N) is 2.